The Bertz CT molecular complexity index is 2390. The fourth-order valence-corrected chi connectivity index (χ4v) is 8.26. The van der Waals surface area contributed by atoms with Crippen LogP contribution in [0.3, 0.4) is 0 Å². The first-order chi connectivity index (χ1) is 35.3. The molecule has 0 N–H and O–H groups in total. The summed E-state index contributed by atoms with van der Waals surface area (Å²) in [7, 11) is 0. The zero-order valence-electron chi connectivity index (χ0n) is 42.3. The van der Waals surface area contributed by atoms with Gasteiger partial charge in [0.1, 0.15) is 23.0 Å². The molecule has 6 aromatic carbocycles. The molecule has 0 unspecified atom stereocenters. The fourth-order valence-electron chi connectivity index (χ4n) is 8.26. The van der Waals surface area contributed by atoms with Gasteiger partial charge in [0.15, 0.2) is 11.5 Å². The third-order valence-corrected chi connectivity index (χ3v) is 12.5. The van der Waals surface area contributed by atoms with E-state index >= 15 is 0 Å². The van der Waals surface area contributed by atoms with E-state index in [0.717, 1.165) is 36.5 Å². The van der Waals surface area contributed by atoms with Gasteiger partial charge in [-0.05, 0) is 133 Å². The van der Waals surface area contributed by atoms with E-state index in [-0.39, 0.29) is 34.1 Å². The first kappa shape index (κ1) is 54.4. The maximum atomic E-state index is 13.5. The fraction of sp³-hybridized carbons (Fsp3) is 0.387. The number of benzene rings is 6. The van der Waals surface area contributed by atoms with Crippen molar-refractivity contribution in [2.75, 3.05) is 13.2 Å². The SMILES string of the molecule is CCCCCCCCCCCCOc1ccc(C(=O)Oc2ccc(C(=O)Oc3cc4ccccc4cc3OC(=O)c3ccc(OC(=O)c4ccc(OCCCCCCCCCCCC)cc4)cc3)cc2)cc1. The number of carbonyl (C=O) groups excluding carboxylic acids is 4. The molecule has 6 aromatic rings. The van der Waals surface area contributed by atoms with E-state index in [9.17, 15) is 19.2 Å². The molecular formula is C62H72O10. The normalized spacial score (nSPS) is 11.0. The molecule has 0 amide bonds. The number of hydrogen-bond acceptors (Lipinski definition) is 10. The summed E-state index contributed by atoms with van der Waals surface area (Å²) in [6.07, 6.45) is 25.2. The van der Waals surface area contributed by atoms with E-state index in [1.54, 1.807) is 60.7 Å². The highest BCUT2D eigenvalue weighted by Gasteiger charge is 2.19. The molecule has 10 nitrogen and oxygen atoms in total. The second kappa shape index (κ2) is 30.7. The van der Waals surface area contributed by atoms with Crippen LogP contribution < -0.4 is 28.4 Å². The Kier molecular flexibility index (Phi) is 23.2. The average molecular weight is 977 g/mol. The lowest BCUT2D eigenvalue weighted by Crippen LogP contribution is -2.13. The van der Waals surface area contributed by atoms with Crippen molar-refractivity contribution in [3.8, 4) is 34.5 Å². The minimum absolute atomic E-state index is 0.0271. The van der Waals surface area contributed by atoms with Gasteiger partial charge in [0.05, 0.1) is 35.5 Å². The first-order valence-electron chi connectivity index (χ1n) is 26.4. The molecule has 0 heterocycles. The molecule has 0 fully saturated rings. The van der Waals surface area contributed by atoms with Gasteiger partial charge in [-0.25, -0.2) is 19.2 Å². The van der Waals surface area contributed by atoms with Crippen molar-refractivity contribution in [2.24, 2.45) is 0 Å². The van der Waals surface area contributed by atoms with E-state index < -0.39 is 23.9 Å². The Morgan fingerprint density at radius 2 is 0.569 bits per heavy atom. The van der Waals surface area contributed by atoms with E-state index in [2.05, 4.69) is 13.8 Å². The summed E-state index contributed by atoms with van der Waals surface area (Å²) in [6.45, 7) is 5.75. The smallest absolute Gasteiger partial charge is 0.343 e. The standard InChI is InChI=1S/C62H72O10/c1-3-5-7-9-11-13-15-17-19-23-43-67-53-35-27-47(28-36-53)59(63)69-55-39-31-49(32-40-55)61(65)71-57-45-51-25-21-22-26-52(51)46-58(57)72-62(66)50-33-41-56(42-34-50)70-60(64)48-29-37-54(38-30-48)68-44-24-20-18-16-14-12-10-8-6-4-2/h21-22,25-42,45-46H,3-20,23-24,43-44H2,1-2H3. The Balaban J connectivity index is 0.941. The van der Waals surface area contributed by atoms with Crippen LogP contribution in [0.25, 0.3) is 10.8 Å². The van der Waals surface area contributed by atoms with Crippen molar-refractivity contribution in [1.82, 2.24) is 0 Å². The molecule has 0 atom stereocenters. The van der Waals surface area contributed by atoms with Crippen LogP contribution >= 0.6 is 0 Å². The number of esters is 4. The van der Waals surface area contributed by atoms with E-state index in [1.807, 2.05) is 24.3 Å². The number of carbonyl (C=O) groups is 4. The third-order valence-electron chi connectivity index (χ3n) is 12.5. The molecule has 0 aliphatic carbocycles. The lowest BCUT2D eigenvalue weighted by Gasteiger charge is -2.13. The molecule has 72 heavy (non-hydrogen) atoms. The third kappa shape index (κ3) is 18.7. The predicted molar refractivity (Wildman–Crippen MR) is 284 cm³/mol. The molecule has 0 saturated heterocycles. The highest BCUT2D eigenvalue weighted by molar-refractivity contribution is 5.96. The van der Waals surface area contributed by atoms with Gasteiger partial charge in [0, 0.05) is 0 Å². The molecular weight excluding hydrogens is 905 g/mol. The zero-order valence-corrected chi connectivity index (χ0v) is 42.3. The molecule has 380 valence electrons. The molecule has 0 aliphatic heterocycles. The quantitative estimate of drug-likeness (QED) is 0.0229. The van der Waals surface area contributed by atoms with Gasteiger partial charge in [-0.1, -0.05) is 154 Å². The van der Waals surface area contributed by atoms with Crippen LogP contribution in [-0.4, -0.2) is 37.1 Å². The molecule has 0 saturated carbocycles. The highest BCUT2D eigenvalue weighted by atomic mass is 16.6. The summed E-state index contributed by atoms with van der Waals surface area (Å²) in [5.74, 6) is -0.599. The number of unbranched alkanes of at least 4 members (excludes halogenated alkanes) is 18. The van der Waals surface area contributed by atoms with Crippen molar-refractivity contribution in [3.05, 3.63) is 156 Å². The molecule has 0 aromatic heterocycles. The van der Waals surface area contributed by atoms with Crippen LogP contribution in [0, 0.1) is 0 Å². The van der Waals surface area contributed by atoms with Gasteiger partial charge in [-0.15, -0.1) is 0 Å². The van der Waals surface area contributed by atoms with E-state index in [4.69, 9.17) is 28.4 Å². The van der Waals surface area contributed by atoms with Crippen LogP contribution in [0.2, 0.25) is 0 Å². The maximum Gasteiger partial charge on any atom is 0.343 e. The van der Waals surface area contributed by atoms with Crippen molar-refractivity contribution >= 4 is 34.6 Å². The number of rotatable bonds is 32. The van der Waals surface area contributed by atoms with Gasteiger partial charge in [-0.2, -0.15) is 0 Å². The lowest BCUT2D eigenvalue weighted by atomic mass is 10.1. The number of ether oxygens (including phenoxy) is 6. The van der Waals surface area contributed by atoms with Gasteiger partial charge in [0.25, 0.3) is 0 Å². The zero-order chi connectivity index (χ0) is 50.6. The molecule has 0 bridgehead atoms. The van der Waals surface area contributed by atoms with E-state index in [0.29, 0.717) is 35.8 Å². The highest BCUT2D eigenvalue weighted by Crippen LogP contribution is 2.34. The minimum Gasteiger partial charge on any atom is -0.494 e. The topological polar surface area (TPSA) is 124 Å². The maximum absolute atomic E-state index is 13.5. The second-order valence-electron chi connectivity index (χ2n) is 18.4. The summed E-state index contributed by atoms with van der Waals surface area (Å²) < 4.78 is 34.6. The molecule has 6 rings (SSSR count). The van der Waals surface area contributed by atoms with Gasteiger partial charge in [0.2, 0.25) is 0 Å². The summed E-state index contributed by atoms with van der Waals surface area (Å²) in [4.78, 5) is 52.9. The Morgan fingerprint density at radius 3 is 0.875 bits per heavy atom. The second-order valence-corrected chi connectivity index (χ2v) is 18.4. The first-order valence-corrected chi connectivity index (χ1v) is 26.4. The van der Waals surface area contributed by atoms with Crippen LogP contribution in [0.1, 0.15) is 184 Å². The minimum atomic E-state index is -0.716. The molecule has 0 spiro atoms. The van der Waals surface area contributed by atoms with Crippen molar-refractivity contribution in [2.45, 2.75) is 142 Å². The Labute approximate surface area is 426 Å². The lowest BCUT2D eigenvalue weighted by molar-refractivity contribution is 0.0682. The molecule has 0 aliphatic rings. The summed E-state index contributed by atoms with van der Waals surface area (Å²) >= 11 is 0. The summed E-state index contributed by atoms with van der Waals surface area (Å²) in [5.41, 5.74) is 1.08. The van der Waals surface area contributed by atoms with Crippen LogP contribution in [0.15, 0.2) is 133 Å². The average Bonchev–Trinajstić information content (AvgIpc) is 3.40. The van der Waals surface area contributed by atoms with Crippen molar-refractivity contribution < 1.29 is 47.6 Å². The largest absolute Gasteiger partial charge is 0.494 e. The van der Waals surface area contributed by atoms with Crippen molar-refractivity contribution in [1.29, 1.82) is 0 Å². The number of fused-ring (bicyclic) bond motifs is 1. The number of hydrogen-bond donors (Lipinski definition) is 0. The van der Waals surface area contributed by atoms with Crippen LogP contribution in [-0.2, 0) is 0 Å². The van der Waals surface area contributed by atoms with Crippen LogP contribution in [0.4, 0.5) is 0 Å². The van der Waals surface area contributed by atoms with Crippen LogP contribution in [0.5, 0.6) is 34.5 Å². The predicted octanol–water partition coefficient (Wildman–Crippen LogP) is 16.3. The van der Waals surface area contributed by atoms with Gasteiger partial charge < -0.3 is 28.4 Å². The van der Waals surface area contributed by atoms with E-state index in [1.165, 1.54) is 151 Å². The van der Waals surface area contributed by atoms with Gasteiger partial charge in [-0.3, -0.25) is 0 Å². The monoisotopic (exact) mass is 977 g/mol. The Hall–Kier alpha value is -6.94. The summed E-state index contributed by atoms with van der Waals surface area (Å²) in [5, 5.41) is 1.52. The Morgan fingerprint density at radius 1 is 0.306 bits per heavy atom. The summed E-state index contributed by atoms with van der Waals surface area (Å²) in [6, 6.07) is 36.3. The molecule has 0 radical (unpaired) electrons. The van der Waals surface area contributed by atoms with Gasteiger partial charge >= 0.3 is 23.9 Å². The van der Waals surface area contributed by atoms with Crippen molar-refractivity contribution in [3.63, 3.8) is 0 Å². The molecule has 10 heteroatoms.